The molecule has 0 bridgehead atoms. The first-order valence-corrected chi connectivity index (χ1v) is 20.9. The van der Waals surface area contributed by atoms with Crippen molar-refractivity contribution in [1.29, 1.82) is 0 Å². The summed E-state index contributed by atoms with van der Waals surface area (Å²) < 4.78 is 4.83. The number of hydrogen-bond acceptors (Lipinski definition) is 2. The lowest BCUT2D eigenvalue weighted by atomic mass is 9.97. The van der Waals surface area contributed by atoms with Gasteiger partial charge in [0, 0.05) is 49.5 Å². The van der Waals surface area contributed by atoms with Crippen LogP contribution in [0.25, 0.3) is 94.7 Å². The van der Waals surface area contributed by atoms with Crippen LogP contribution in [0.2, 0.25) is 0 Å². The Morgan fingerprint density at radius 3 is 1.55 bits per heavy atom. The van der Waals surface area contributed by atoms with Crippen LogP contribution in [0, 0.1) is 0 Å². The summed E-state index contributed by atoms with van der Waals surface area (Å²) >= 11 is 0. The number of rotatable bonds is 9. The summed E-state index contributed by atoms with van der Waals surface area (Å²) in [6.07, 6.45) is 4.47. The van der Waals surface area contributed by atoms with Gasteiger partial charge in [-0.25, -0.2) is 9.97 Å². The molecule has 0 saturated carbocycles. The summed E-state index contributed by atoms with van der Waals surface area (Å²) in [5.74, 6) is 0.565. The molecule has 11 rings (SSSR count). The number of nitrogens with zero attached hydrogens (tertiary/aromatic N) is 4. The number of fused-ring (bicyclic) bond motifs is 6. The Morgan fingerprint density at radius 1 is 0.435 bits per heavy atom. The molecule has 0 radical (unpaired) electrons. The molecule has 0 aliphatic heterocycles. The van der Waals surface area contributed by atoms with Crippen molar-refractivity contribution in [3.05, 3.63) is 248 Å². The third-order valence-electron chi connectivity index (χ3n) is 11.7. The number of aromatic nitrogens is 4. The zero-order chi connectivity index (χ0) is 41.4. The van der Waals surface area contributed by atoms with Crippen LogP contribution in [0.15, 0.2) is 231 Å². The third-order valence-corrected chi connectivity index (χ3v) is 11.7. The number of hydrogen-bond donors (Lipinski definition) is 0. The average Bonchev–Trinajstić information content (AvgIpc) is 3.85. The summed E-state index contributed by atoms with van der Waals surface area (Å²) in [4.78, 5) is 10.4. The summed E-state index contributed by atoms with van der Waals surface area (Å²) in [5, 5.41) is 4.74. The molecule has 3 heterocycles. The lowest BCUT2D eigenvalue weighted by Gasteiger charge is -2.19. The molecule has 0 fully saturated rings. The Balaban J connectivity index is 1.20. The zero-order valence-electron chi connectivity index (χ0n) is 33.9. The van der Waals surface area contributed by atoms with Gasteiger partial charge in [0.15, 0.2) is 5.82 Å². The lowest BCUT2D eigenvalue weighted by Crippen LogP contribution is -2.03. The fraction of sp³-hybridized carbons (Fsp3) is 0. The topological polar surface area (TPSA) is 35.6 Å². The normalized spacial score (nSPS) is 12.1. The first kappa shape index (κ1) is 36.7. The molecule has 0 aliphatic rings. The molecular formula is C58H40N4. The van der Waals surface area contributed by atoms with Crippen LogP contribution < -0.4 is 0 Å². The van der Waals surface area contributed by atoms with Gasteiger partial charge in [0.25, 0.3) is 0 Å². The molecule has 8 aromatic carbocycles. The molecule has 0 N–H and O–H groups in total. The summed E-state index contributed by atoms with van der Waals surface area (Å²) in [5.41, 5.74) is 14.2. The van der Waals surface area contributed by atoms with E-state index < -0.39 is 0 Å². The van der Waals surface area contributed by atoms with Crippen molar-refractivity contribution >= 4 is 66.5 Å². The minimum atomic E-state index is 0.565. The van der Waals surface area contributed by atoms with Gasteiger partial charge >= 0.3 is 0 Å². The van der Waals surface area contributed by atoms with Crippen molar-refractivity contribution in [2.24, 2.45) is 0 Å². The second-order valence-electron chi connectivity index (χ2n) is 15.5. The van der Waals surface area contributed by atoms with Crippen LogP contribution >= 0.6 is 0 Å². The molecule has 0 saturated heterocycles. The maximum Gasteiger partial charge on any atom is 0.159 e. The highest BCUT2D eigenvalue weighted by atomic mass is 15.0. The fourth-order valence-corrected chi connectivity index (χ4v) is 8.78. The van der Waals surface area contributed by atoms with E-state index in [9.17, 15) is 0 Å². The Morgan fingerprint density at radius 2 is 0.919 bits per heavy atom. The maximum absolute atomic E-state index is 5.19. The van der Waals surface area contributed by atoms with Crippen molar-refractivity contribution in [3.63, 3.8) is 0 Å². The lowest BCUT2D eigenvalue weighted by molar-refractivity contribution is 1.13. The quantitative estimate of drug-likeness (QED) is 0.137. The Bertz CT molecular complexity index is 3430. The van der Waals surface area contributed by atoms with E-state index >= 15 is 0 Å². The Hall–Kier alpha value is -8.34. The van der Waals surface area contributed by atoms with E-state index in [0.717, 1.165) is 61.6 Å². The molecule has 0 amide bonds. The Kier molecular flexibility index (Phi) is 9.29. The standard InChI is InChI=1S/C58H40N4/c1-40(58-59-51(43-25-11-4-12-26-43)39-52(60-58)44-27-13-5-14-28-44)35-48(42-23-9-3-10-24-42)55(36-41-21-7-2-8-22-41)62-54-34-20-18-32-47(54)50-37-56-49(38-57(50)62)46-31-17-19-33-53(46)61(56)45-29-15-6-16-30-45/h2-39H,1H2/b48-35-,55-36-. The highest BCUT2D eigenvalue weighted by Crippen LogP contribution is 2.43. The van der Waals surface area contributed by atoms with Gasteiger partial charge < -0.3 is 9.13 Å². The molecule has 292 valence electrons. The third kappa shape index (κ3) is 6.61. The molecule has 0 unspecified atom stereocenters. The largest absolute Gasteiger partial charge is 0.309 e. The molecule has 4 nitrogen and oxygen atoms in total. The van der Waals surface area contributed by atoms with Gasteiger partial charge in [-0.05, 0) is 65.7 Å². The molecular weight excluding hydrogens is 753 g/mol. The van der Waals surface area contributed by atoms with E-state index in [1.54, 1.807) is 0 Å². The van der Waals surface area contributed by atoms with Gasteiger partial charge in [-0.1, -0.05) is 183 Å². The van der Waals surface area contributed by atoms with Crippen molar-refractivity contribution in [1.82, 2.24) is 19.1 Å². The molecule has 3 aromatic heterocycles. The predicted molar refractivity (Wildman–Crippen MR) is 261 cm³/mol. The minimum absolute atomic E-state index is 0.565. The Labute approximate surface area is 360 Å². The van der Waals surface area contributed by atoms with E-state index in [4.69, 9.17) is 16.5 Å². The van der Waals surface area contributed by atoms with Crippen LogP contribution in [0.3, 0.4) is 0 Å². The van der Waals surface area contributed by atoms with Crippen LogP contribution in [0.4, 0.5) is 0 Å². The van der Waals surface area contributed by atoms with Gasteiger partial charge in [-0.2, -0.15) is 0 Å². The molecule has 0 atom stereocenters. The molecule has 11 aromatic rings. The number of para-hydroxylation sites is 3. The van der Waals surface area contributed by atoms with E-state index in [-0.39, 0.29) is 0 Å². The van der Waals surface area contributed by atoms with Gasteiger partial charge in [0.1, 0.15) is 0 Å². The predicted octanol–water partition coefficient (Wildman–Crippen LogP) is 14.8. The van der Waals surface area contributed by atoms with Crippen molar-refractivity contribution < 1.29 is 0 Å². The van der Waals surface area contributed by atoms with Crippen LogP contribution in [-0.2, 0) is 0 Å². The highest BCUT2D eigenvalue weighted by Gasteiger charge is 2.22. The first-order valence-electron chi connectivity index (χ1n) is 20.9. The average molecular weight is 793 g/mol. The molecule has 4 heteroatoms. The van der Waals surface area contributed by atoms with Crippen molar-refractivity contribution in [3.8, 4) is 28.2 Å². The van der Waals surface area contributed by atoms with Gasteiger partial charge in [-0.15, -0.1) is 0 Å². The SMILES string of the molecule is C=C(/C=C(\C(=C\c1ccccc1)n1c2ccccc2c2cc3c(cc21)c1ccccc1n3-c1ccccc1)c1ccccc1)c1nc(-c2ccccc2)cc(-c2ccccc2)n1. The summed E-state index contributed by atoms with van der Waals surface area (Å²) in [6, 6.07) is 76.8. The van der Waals surface area contributed by atoms with E-state index in [0.29, 0.717) is 11.4 Å². The zero-order valence-corrected chi connectivity index (χ0v) is 33.9. The fourth-order valence-electron chi connectivity index (χ4n) is 8.78. The van der Waals surface area contributed by atoms with Crippen LogP contribution in [-0.4, -0.2) is 19.1 Å². The van der Waals surface area contributed by atoms with E-state index in [1.165, 1.54) is 32.6 Å². The first-order chi connectivity index (χ1) is 30.7. The van der Waals surface area contributed by atoms with Crippen molar-refractivity contribution in [2.45, 2.75) is 0 Å². The number of benzene rings is 8. The van der Waals surface area contributed by atoms with E-state index in [1.807, 2.05) is 36.4 Å². The molecule has 0 spiro atoms. The second kappa shape index (κ2) is 15.7. The summed E-state index contributed by atoms with van der Waals surface area (Å²) in [6.45, 7) is 4.72. The molecule has 62 heavy (non-hydrogen) atoms. The smallest absolute Gasteiger partial charge is 0.159 e. The van der Waals surface area contributed by atoms with E-state index in [2.05, 4.69) is 203 Å². The molecule has 0 aliphatic carbocycles. The van der Waals surface area contributed by atoms with Crippen LogP contribution in [0.1, 0.15) is 17.0 Å². The highest BCUT2D eigenvalue weighted by molar-refractivity contribution is 6.22. The summed E-state index contributed by atoms with van der Waals surface area (Å²) in [7, 11) is 0. The van der Waals surface area contributed by atoms with Gasteiger partial charge in [-0.3, -0.25) is 0 Å². The second-order valence-corrected chi connectivity index (χ2v) is 15.5. The minimum Gasteiger partial charge on any atom is -0.309 e. The van der Waals surface area contributed by atoms with Gasteiger partial charge in [0.05, 0.1) is 39.2 Å². The van der Waals surface area contributed by atoms with Gasteiger partial charge in [0.2, 0.25) is 0 Å². The van der Waals surface area contributed by atoms with Crippen LogP contribution in [0.5, 0.6) is 0 Å². The van der Waals surface area contributed by atoms with Crippen molar-refractivity contribution in [2.75, 3.05) is 0 Å². The maximum atomic E-state index is 5.19. The number of allylic oxidation sites excluding steroid dienone is 4. The monoisotopic (exact) mass is 792 g/mol.